The molecule has 1 aliphatic heterocycles. The lowest BCUT2D eigenvalue weighted by atomic mass is 9.83. The first-order valence-corrected chi connectivity index (χ1v) is 13.6. The van der Waals surface area contributed by atoms with Crippen molar-refractivity contribution in [2.75, 3.05) is 18.0 Å². The number of hydrogen-bond donors (Lipinski definition) is 1. The third-order valence-electron chi connectivity index (χ3n) is 6.87. The van der Waals surface area contributed by atoms with Gasteiger partial charge in [0.1, 0.15) is 29.5 Å². The molecule has 0 spiro atoms. The summed E-state index contributed by atoms with van der Waals surface area (Å²) in [5.74, 6) is 0.219. The van der Waals surface area contributed by atoms with E-state index in [1.807, 2.05) is 38.1 Å². The number of rotatable bonds is 9. The number of carbonyl (C=O) groups is 1. The second-order valence-electron chi connectivity index (χ2n) is 9.02. The summed E-state index contributed by atoms with van der Waals surface area (Å²) in [7, 11) is -2.67. The summed E-state index contributed by atoms with van der Waals surface area (Å²) in [6, 6.07) is 18.1. The van der Waals surface area contributed by atoms with Crippen LogP contribution in [0, 0.1) is 5.82 Å². The molecule has 1 amide bonds. The summed E-state index contributed by atoms with van der Waals surface area (Å²) in [5, 5.41) is 3.03. The molecule has 0 aliphatic carbocycles. The van der Waals surface area contributed by atoms with Crippen LogP contribution in [0.2, 0.25) is 0 Å². The van der Waals surface area contributed by atoms with E-state index in [2.05, 4.69) is 5.32 Å². The second-order valence-corrected chi connectivity index (χ2v) is 10.9. The van der Waals surface area contributed by atoms with Crippen molar-refractivity contribution in [3.63, 3.8) is 0 Å². The number of carbonyl (C=O) groups excluding carboxylic acids is 1. The van der Waals surface area contributed by atoms with Crippen molar-refractivity contribution in [1.29, 1.82) is 0 Å². The molecular weight excluding hydrogens is 495 g/mol. The Balaban J connectivity index is 1.64. The number of para-hydroxylation sites is 1. The van der Waals surface area contributed by atoms with Crippen molar-refractivity contribution in [3.05, 3.63) is 84.2 Å². The van der Waals surface area contributed by atoms with Crippen molar-refractivity contribution in [2.24, 2.45) is 0 Å². The first kappa shape index (κ1) is 26.5. The fraction of sp³-hybridized carbons (Fsp3) is 0.321. The van der Waals surface area contributed by atoms with Crippen LogP contribution in [0.3, 0.4) is 0 Å². The maximum absolute atomic E-state index is 13.6. The van der Waals surface area contributed by atoms with E-state index in [4.69, 9.17) is 9.47 Å². The van der Waals surface area contributed by atoms with Crippen LogP contribution in [0.15, 0.2) is 77.7 Å². The Labute approximate surface area is 217 Å². The zero-order valence-electron chi connectivity index (χ0n) is 21.1. The quantitative estimate of drug-likeness (QED) is 0.413. The standard InChI is InChI=1S/C28H31FN2O5S/c1-4-28(5-2)18-25(24-8-6-7-9-26(24)36-28)30-27(32)19-31(21-12-10-20(29)11-13-21)37(33,34)23-16-14-22(35-3)15-17-23/h6-17,25H,4-5,18-19H2,1-3H3,(H,30,32)/t25-/m0/s1. The molecule has 0 radical (unpaired) electrons. The van der Waals surface area contributed by atoms with Gasteiger partial charge in [-0.05, 0) is 67.4 Å². The third-order valence-corrected chi connectivity index (χ3v) is 8.66. The van der Waals surface area contributed by atoms with Gasteiger partial charge >= 0.3 is 0 Å². The molecule has 7 nitrogen and oxygen atoms in total. The van der Waals surface area contributed by atoms with Gasteiger partial charge in [-0.15, -0.1) is 0 Å². The summed E-state index contributed by atoms with van der Waals surface area (Å²) >= 11 is 0. The lowest BCUT2D eigenvalue weighted by Gasteiger charge is -2.41. The highest BCUT2D eigenvalue weighted by molar-refractivity contribution is 7.92. The van der Waals surface area contributed by atoms with Crippen LogP contribution >= 0.6 is 0 Å². The van der Waals surface area contributed by atoms with Gasteiger partial charge in [-0.1, -0.05) is 32.0 Å². The minimum atomic E-state index is -4.15. The van der Waals surface area contributed by atoms with E-state index < -0.39 is 33.9 Å². The summed E-state index contributed by atoms with van der Waals surface area (Å²) in [6.07, 6.45) is 2.08. The number of methoxy groups -OCH3 is 1. The van der Waals surface area contributed by atoms with Crippen molar-refractivity contribution >= 4 is 21.6 Å². The van der Waals surface area contributed by atoms with E-state index >= 15 is 0 Å². The molecule has 1 atom stereocenters. The van der Waals surface area contributed by atoms with Crippen LogP contribution in [0.4, 0.5) is 10.1 Å². The zero-order chi connectivity index (χ0) is 26.6. The molecule has 3 aromatic rings. The van der Waals surface area contributed by atoms with Gasteiger partial charge in [0, 0.05) is 12.0 Å². The van der Waals surface area contributed by atoms with E-state index in [0.29, 0.717) is 17.9 Å². The van der Waals surface area contributed by atoms with E-state index in [9.17, 15) is 17.6 Å². The Morgan fingerprint density at radius 1 is 1.05 bits per heavy atom. The summed E-state index contributed by atoms with van der Waals surface area (Å²) in [6.45, 7) is 3.62. The Morgan fingerprint density at radius 2 is 1.70 bits per heavy atom. The predicted molar refractivity (Wildman–Crippen MR) is 140 cm³/mol. The lowest BCUT2D eigenvalue weighted by Crippen LogP contribution is -2.47. The van der Waals surface area contributed by atoms with Gasteiger partial charge in [0.05, 0.1) is 23.7 Å². The summed E-state index contributed by atoms with van der Waals surface area (Å²) in [4.78, 5) is 13.4. The van der Waals surface area contributed by atoms with Gasteiger partial charge in [0.2, 0.25) is 5.91 Å². The Morgan fingerprint density at radius 3 is 2.32 bits per heavy atom. The van der Waals surface area contributed by atoms with Gasteiger partial charge in [-0.2, -0.15) is 0 Å². The largest absolute Gasteiger partial charge is 0.497 e. The molecule has 9 heteroatoms. The number of hydrogen-bond acceptors (Lipinski definition) is 5. The maximum atomic E-state index is 13.6. The number of amides is 1. The molecule has 1 aliphatic rings. The number of anilines is 1. The highest BCUT2D eigenvalue weighted by Gasteiger charge is 2.39. The van der Waals surface area contributed by atoms with E-state index in [1.165, 1.54) is 43.5 Å². The fourth-order valence-electron chi connectivity index (χ4n) is 4.60. The van der Waals surface area contributed by atoms with Crippen molar-refractivity contribution in [2.45, 2.75) is 49.6 Å². The average Bonchev–Trinajstić information content (AvgIpc) is 2.92. The molecule has 37 heavy (non-hydrogen) atoms. The minimum Gasteiger partial charge on any atom is -0.497 e. The van der Waals surface area contributed by atoms with E-state index in [1.54, 1.807) is 0 Å². The molecular formula is C28H31FN2O5S. The third kappa shape index (κ3) is 5.56. The number of nitrogens with one attached hydrogen (secondary N) is 1. The van der Waals surface area contributed by atoms with Crippen LogP contribution in [-0.2, 0) is 14.8 Å². The number of sulfonamides is 1. The van der Waals surface area contributed by atoms with Crippen molar-refractivity contribution < 1.29 is 27.1 Å². The second kappa shape index (κ2) is 10.8. The normalized spacial score (nSPS) is 16.3. The topological polar surface area (TPSA) is 84.9 Å². The molecule has 196 valence electrons. The van der Waals surface area contributed by atoms with Crippen LogP contribution in [-0.4, -0.2) is 33.6 Å². The summed E-state index contributed by atoms with van der Waals surface area (Å²) in [5.41, 5.74) is 0.592. The smallest absolute Gasteiger partial charge is 0.264 e. The molecule has 0 fully saturated rings. The SMILES string of the molecule is CCC1(CC)C[C@H](NC(=O)CN(c2ccc(F)cc2)S(=O)(=O)c2ccc(OC)cc2)c2ccccc2O1. The predicted octanol–water partition coefficient (Wildman–Crippen LogP) is 5.23. The molecule has 4 rings (SSSR count). The highest BCUT2D eigenvalue weighted by Crippen LogP contribution is 2.42. The van der Waals surface area contributed by atoms with Crippen LogP contribution in [0.5, 0.6) is 11.5 Å². The van der Waals surface area contributed by atoms with Crippen LogP contribution < -0.4 is 19.1 Å². The Hall–Kier alpha value is -3.59. The monoisotopic (exact) mass is 526 g/mol. The molecule has 0 aromatic heterocycles. The number of fused-ring (bicyclic) bond motifs is 1. The average molecular weight is 527 g/mol. The van der Waals surface area contributed by atoms with Crippen LogP contribution in [0.25, 0.3) is 0 Å². The zero-order valence-corrected chi connectivity index (χ0v) is 21.9. The molecule has 1 heterocycles. The number of nitrogens with zero attached hydrogens (tertiary/aromatic N) is 1. The highest BCUT2D eigenvalue weighted by atomic mass is 32.2. The van der Waals surface area contributed by atoms with Crippen molar-refractivity contribution in [1.82, 2.24) is 5.32 Å². The Bertz CT molecular complexity index is 1340. The Kier molecular flexibility index (Phi) is 7.73. The number of ether oxygens (including phenoxy) is 2. The molecule has 0 saturated heterocycles. The van der Waals surface area contributed by atoms with Gasteiger partial charge in [0.25, 0.3) is 10.0 Å². The van der Waals surface area contributed by atoms with E-state index in [-0.39, 0.29) is 16.6 Å². The van der Waals surface area contributed by atoms with Crippen LogP contribution in [0.1, 0.15) is 44.7 Å². The summed E-state index contributed by atoms with van der Waals surface area (Å²) < 4.78 is 53.3. The van der Waals surface area contributed by atoms with Gasteiger partial charge < -0.3 is 14.8 Å². The van der Waals surface area contributed by atoms with Gasteiger partial charge in [0.15, 0.2) is 0 Å². The molecule has 0 bridgehead atoms. The molecule has 0 unspecified atom stereocenters. The first-order valence-electron chi connectivity index (χ1n) is 12.2. The minimum absolute atomic E-state index is 0.0159. The molecule has 3 aromatic carbocycles. The maximum Gasteiger partial charge on any atom is 0.264 e. The lowest BCUT2D eigenvalue weighted by molar-refractivity contribution is -0.121. The van der Waals surface area contributed by atoms with E-state index in [0.717, 1.165) is 34.8 Å². The van der Waals surface area contributed by atoms with Gasteiger partial charge in [-0.25, -0.2) is 12.8 Å². The molecule has 0 saturated carbocycles. The number of benzene rings is 3. The first-order chi connectivity index (χ1) is 17.7. The van der Waals surface area contributed by atoms with Crippen molar-refractivity contribution in [3.8, 4) is 11.5 Å². The number of halogens is 1. The van der Waals surface area contributed by atoms with Gasteiger partial charge in [-0.3, -0.25) is 9.10 Å². The fourth-order valence-corrected chi connectivity index (χ4v) is 6.02. The molecule has 1 N–H and O–H groups in total.